The zero-order valence-corrected chi connectivity index (χ0v) is 15.0. The predicted molar refractivity (Wildman–Crippen MR) is 102 cm³/mol. The average molecular weight is 381 g/mol. The van der Waals surface area contributed by atoms with Crippen LogP contribution in [0, 0.1) is 0 Å². The molecule has 0 radical (unpaired) electrons. The first kappa shape index (κ1) is 17.8. The number of fused-ring (bicyclic) bond motifs is 2. The van der Waals surface area contributed by atoms with Crippen molar-refractivity contribution < 1.29 is 19.1 Å². The molecule has 1 atom stereocenters. The first-order valence-corrected chi connectivity index (χ1v) is 9.01. The van der Waals surface area contributed by atoms with Gasteiger partial charge in [-0.2, -0.15) is 0 Å². The third-order valence-corrected chi connectivity index (χ3v) is 4.53. The molecule has 2 N–H and O–H groups in total. The Morgan fingerprint density at radius 3 is 2.79 bits per heavy atom. The lowest BCUT2D eigenvalue weighted by molar-refractivity contribution is -0.147. The van der Waals surface area contributed by atoms with Gasteiger partial charge >= 0.3 is 11.7 Å². The lowest BCUT2D eigenvalue weighted by Gasteiger charge is -2.25. The number of nitrogens with zero attached hydrogens (tertiary/aromatic N) is 1. The van der Waals surface area contributed by atoms with Crippen LogP contribution >= 0.6 is 0 Å². The maximum atomic E-state index is 12.1. The molecule has 1 unspecified atom stereocenters. The lowest BCUT2D eigenvalue weighted by Crippen LogP contribution is -2.38. The van der Waals surface area contributed by atoms with Gasteiger partial charge in [0, 0.05) is 6.54 Å². The highest BCUT2D eigenvalue weighted by atomic mass is 16.5. The smallest absolute Gasteiger partial charge is 0.326 e. The number of rotatable bonds is 6. The number of ether oxygens (including phenoxy) is 2. The van der Waals surface area contributed by atoms with Gasteiger partial charge in [0.05, 0.1) is 29.7 Å². The van der Waals surface area contributed by atoms with Gasteiger partial charge in [-0.25, -0.2) is 4.79 Å². The number of aromatic amines is 1. The zero-order valence-electron chi connectivity index (χ0n) is 15.0. The topological polar surface area (TPSA) is 102 Å². The summed E-state index contributed by atoms with van der Waals surface area (Å²) in [5, 5.41) is 2.71. The van der Waals surface area contributed by atoms with Crippen LogP contribution in [-0.2, 0) is 20.9 Å². The number of carbonyl (C=O) groups excluding carboxylic acids is 2. The van der Waals surface area contributed by atoms with Crippen LogP contribution < -0.4 is 15.7 Å². The molecule has 8 nitrogen and oxygen atoms in total. The zero-order chi connectivity index (χ0) is 19.5. The number of nitrogens with one attached hydrogen (secondary N) is 2. The van der Waals surface area contributed by atoms with Crippen molar-refractivity contribution in [2.24, 2.45) is 0 Å². The van der Waals surface area contributed by atoms with Crippen LogP contribution in [0.5, 0.6) is 5.75 Å². The van der Waals surface area contributed by atoms with Gasteiger partial charge in [0.2, 0.25) is 0 Å². The van der Waals surface area contributed by atoms with E-state index < -0.39 is 12.1 Å². The summed E-state index contributed by atoms with van der Waals surface area (Å²) < 4.78 is 12.4. The molecule has 4 rings (SSSR count). The fourth-order valence-corrected chi connectivity index (χ4v) is 3.17. The van der Waals surface area contributed by atoms with E-state index in [0.29, 0.717) is 24.4 Å². The number of amides is 1. The molecule has 0 spiro atoms. The van der Waals surface area contributed by atoms with E-state index in [0.717, 1.165) is 11.0 Å². The van der Waals surface area contributed by atoms with Crippen LogP contribution in [-0.4, -0.2) is 34.1 Å². The number of carbonyl (C=O) groups is 2. The normalized spacial score (nSPS) is 15.6. The minimum absolute atomic E-state index is 0.149. The van der Waals surface area contributed by atoms with Crippen molar-refractivity contribution >= 4 is 28.6 Å². The molecule has 1 amide bonds. The van der Waals surface area contributed by atoms with Gasteiger partial charge in [-0.3, -0.25) is 14.2 Å². The summed E-state index contributed by atoms with van der Waals surface area (Å²) >= 11 is 0. The fourth-order valence-electron chi connectivity index (χ4n) is 3.17. The third kappa shape index (κ3) is 3.62. The minimum Gasteiger partial charge on any atom is -0.478 e. The number of anilines is 1. The van der Waals surface area contributed by atoms with Crippen molar-refractivity contribution in [3.05, 3.63) is 59.0 Å². The number of hydrogen-bond acceptors (Lipinski definition) is 5. The van der Waals surface area contributed by atoms with Gasteiger partial charge in [0.1, 0.15) is 5.75 Å². The number of H-pyrrole nitrogens is 1. The Labute approximate surface area is 160 Å². The molecular formula is C20H19N3O5. The number of esters is 1. The van der Waals surface area contributed by atoms with E-state index >= 15 is 0 Å². The molecule has 0 fully saturated rings. The van der Waals surface area contributed by atoms with E-state index in [4.69, 9.17) is 9.47 Å². The van der Waals surface area contributed by atoms with Gasteiger partial charge in [-0.15, -0.1) is 0 Å². The number of aromatic nitrogens is 2. The van der Waals surface area contributed by atoms with Crippen LogP contribution in [0.25, 0.3) is 11.0 Å². The predicted octanol–water partition coefficient (Wildman–Crippen LogP) is 2.05. The van der Waals surface area contributed by atoms with Crippen molar-refractivity contribution in [2.75, 3.05) is 11.9 Å². The molecular weight excluding hydrogens is 362 g/mol. The highest BCUT2D eigenvalue weighted by Crippen LogP contribution is 2.29. The van der Waals surface area contributed by atoms with E-state index in [9.17, 15) is 14.4 Å². The number of benzene rings is 2. The minimum atomic E-state index is -0.918. The summed E-state index contributed by atoms with van der Waals surface area (Å²) in [5.74, 6) is -0.370. The van der Waals surface area contributed by atoms with Crippen LogP contribution in [0.2, 0.25) is 0 Å². The van der Waals surface area contributed by atoms with E-state index in [2.05, 4.69) is 10.3 Å². The Morgan fingerprint density at radius 2 is 1.89 bits per heavy atom. The maximum Gasteiger partial charge on any atom is 0.326 e. The largest absolute Gasteiger partial charge is 0.478 e. The highest BCUT2D eigenvalue weighted by Gasteiger charge is 2.30. The van der Waals surface area contributed by atoms with Gasteiger partial charge in [-0.05, 0) is 30.7 Å². The summed E-state index contributed by atoms with van der Waals surface area (Å²) in [6, 6.07) is 14.4. The van der Waals surface area contributed by atoms with Crippen molar-refractivity contribution in [3.8, 4) is 5.75 Å². The van der Waals surface area contributed by atoms with Crippen LogP contribution in [0.1, 0.15) is 12.8 Å². The van der Waals surface area contributed by atoms with E-state index in [1.54, 1.807) is 28.8 Å². The first-order valence-electron chi connectivity index (χ1n) is 9.01. The third-order valence-electron chi connectivity index (χ3n) is 4.53. The average Bonchev–Trinajstić information content (AvgIpc) is 3.01. The van der Waals surface area contributed by atoms with Crippen LogP contribution in [0.15, 0.2) is 53.3 Å². The lowest BCUT2D eigenvalue weighted by atomic mass is 10.1. The molecule has 8 heteroatoms. The second-order valence-electron chi connectivity index (χ2n) is 6.47. The Bertz CT molecular complexity index is 1080. The van der Waals surface area contributed by atoms with Gasteiger partial charge < -0.3 is 19.8 Å². The van der Waals surface area contributed by atoms with Crippen molar-refractivity contribution in [1.82, 2.24) is 9.55 Å². The maximum absolute atomic E-state index is 12.1. The van der Waals surface area contributed by atoms with Crippen LogP contribution in [0.3, 0.4) is 0 Å². The second-order valence-corrected chi connectivity index (χ2v) is 6.47. The monoisotopic (exact) mass is 381 g/mol. The molecule has 2 aromatic carbocycles. The Kier molecular flexibility index (Phi) is 4.84. The van der Waals surface area contributed by atoms with Crippen molar-refractivity contribution in [2.45, 2.75) is 25.5 Å². The summed E-state index contributed by atoms with van der Waals surface area (Å²) in [7, 11) is 0. The molecule has 0 aliphatic carbocycles. The molecule has 3 aromatic rings. The molecule has 144 valence electrons. The first-order chi connectivity index (χ1) is 13.6. The van der Waals surface area contributed by atoms with E-state index in [1.165, 1.54) is 0 Å². The number of imidazole rings is 1. The molecule has 0 saturated carbocycles. The molecule has 0 bridgehead atoms. The fraction of sp³-hybridized carbons (Fsp3) is 0.250. The molecule has 1 aromatic heterocycles. The quantitative estimate of drug-likeness (QED) is 0.503. The molecule has 2 heterocycles. The Hall–Kier alpha value is -3.55. The van der Waals surface area contributed by atoms with Gasteiger partial charge in [0.25, 0.3) is 5.91 Å². The van der Waals surface area contributed by atoms with Crippen molar-refractivity contribution in [3.63, 3.8) is 0 Å². The van der Waals surface area contributed by atoms with E-state index in [-0.39, 0.29) is 24.6 Å². The molecule has 1 aliphatic rings. The number of para-hydroxylation sites is 4. The Balaban J connectivity index is 1.28. The Morgan fingerprint density at radius 1 is 1.11 bits per heavy atom. The number of aryl methyl sites for hydroxylation is 1. The standard InChI is InChI=1S/C20H19N3O5/c24-18(12-17-19(25)21-14-7-2-4-9-16(14)28-17)27-11-5-10-23-15-8-3-1-6-13(15)22-20(23)26/h1-4,6-9,17H,5,10-12H2,(H,21,25)(H,22,26). The summed E-state index contributed by atoms with van der Waals surface area (Å²) in [5.41, 5.74) is 1.97. The number of hydrogen-bond donors (Lipinski definition) is 2. The molecule has 1 aliphatic heterocycles. The van der Waals surface area contributed by atoms with Crippen molar-refractivity contribution in [1.29, 1.82) is 0 Å². The molecule has 0 saturated heterocycles. The second kappa shape index (κ2) is 7.59. The van der Waals surface area contributed by atoms with Crippen LogP contribution in [0.4, 0.5) is 5.69 Å². The SMILES string of the molecule is O=C(CC1Oc2ccccc2NC1=O)OCCCn1c(=O)[nH]c2ccccc21. The summed E-state index contributed by atoms with van der Waals surface area (Å²) in [6.45, 7) is 0.569. The van der Waals surface area contributed by atoms with Gasteiger partial charge in [-0.1, -0.05) is 24.3 Å². The summed E-state index contributed by atoms with van der Waals surface area (Å²) in [6.07, 6.45) is -0.611. The summed E-state index contributed by atoms with van der Waals surface area (Å²) in [4.78, 5) is 38.9. The van der Waals surface area contributed by atoms with Gasteiger partial charge in [0.15, 0.2) is 6.10 Å². The highest BCUT2D eigenvalue weighted by molar-refractivity contribution is 5.99. The molecule has 28 heavy (non-hydrogen) atoms. The van der Waals surface area contributed by atoms with E-state index in [1.807, 2.05) is 24.3 Å².